The van der Waals surface area contributed by atoms with Crippen LogP contribution in [0.4, 0.5) is 0 Å². The molecule has 0 saturated carbocycles. The van der Waals surface area contributed by atoms with Gasteiger partial charge in [0, 0.05) is 13.1 Å². The van der Waals surface area contributed by atoms with Gasteiger partial charge in [-0.05, 0) is 63.4 Å². The monoisotopic (exact) mass is 289 g/mol. The molecule has 0 aromatic carbocycles. The van der Waals surface area contributed by atoms with Crippen molar-refractivity contribution in [3.8, 4) is 0 Å². The fourth-order valence-corrected chi connectivity index (χ4v) is 3.13. The molecule has 0 spiro atoms. The number of nitrogens with zero attached hydrogens (tertiary/aromatic N) is 2. The summed E-state index contributed by atoms with van der Waals surface area (Å²) in [6.07, 6.45) is 6.61. The standard InChI is InChI=1S/C18H31N3/c1-3-11-19-14-17-8-5-9-18(20-17)15-21-12-6-7-16(4-2)10-13-21/h5,8-9,16,19H,3-4,6-7,10-15H2,1-2H3. The van der Waals surface area contributed by atoms with Crippen LogP contribution in [0.3, 0.4) is 0 Å². The molecule has 1 N–H and O–H groups in total. The molecule has 1 saturated heterocycles. The second-order valence-corrected chi connectivity index (χ2v) is 6.28. The van der Waals surface area contributed by atoms with E-state index in [4.69, 9.17) is 4.98 Å². The van der Waals surface area contributed by atoms with Crippen LogP contribution in [0.5, 0.6) is 0 Å². The quantitative estimate of drug-likeness (QED) is 0.778. The molecule has 1 fully saturated rings. The van der Waals surface area contributed by atoms with Crippen molar-refractivity contribution in [3.63, 3.8) is 0 Å². The van der Waals surface area contributed by atoms with E-state index in [0.29, 0.717) is 0 Å². The van der Waals surface area contributed by atoms with Gasteiger partial charge in [-0.25, -0.2) is 0 Å². The molecule has 1 unspecified atom stereocenters. The summed E-state index contributed by atoms with van der Waals surface area (Å²) < 4.78 is 0. The lowest BCUT2D eigenvalue weighted by molar-refractivity contribution is 0.268. The van der Waals surface area contributed by atoms with Crippen molar-refractivity contribution in [3.05, 3.63) is 29.6 Å². The predicted molar refractivity (Wildman–Crippen MR) is 89.1 cm³/mol. The van der Waals surface area contributed by atoms with Crippen LogP contribution in [0.25, 0.3) is 0 Å². The summed E-state index contributed by atoms with van der Waals surface area (Å²) in [5.74, 6) is 0.938. The summed E-state index contributed by atoms with van der Waals surface area (Å²) >= 11 is 0. The Morgan fingerprint density at radius 1 is 1.19 bits per heavy atom. The predicted octanol–water partition coefficient (Wildman–Crippen LogP) is 3.59. The van der Waals surface area contributed by atoms with E-state index in [1.54, 1.807) is 0 Å². The topological polar surface area (TPSA) is 28.2 Å². The molecule has 3 heteroatoms. The highest BCUT2D eigenvalue weighted by molar-refractivity contribution is 5.11. The molecule has 0 amide bonds. The van der Waals surface area contributed by atoms with Crippen LogP contribution in [0.15, 0.2) is 18.2 Å². The first-order valence-electron chi connectivity index (χ1n) is 8.69. The zero-order chi connectivity index (χ0) is 14.9. The van der Waals surface area contributed by atoms with Gasteiger partial charge in [0.05, 0.1) is 11.4 Å². The van der Waals surface area contributed by atoms with Crippen LogP contribution >= 0.6 is 0 Å². The van der Waals surface area contributed by atoms with Crippen molar-refractivity contribution in [1.29, 1.82) is 0 Å². The molecule has 1 aliphatic heterocycles. The van der Waals surface area contributed by atoms with Gasteiger partial charge in [-0.2, -0.15) is 0 Å². The Hall–Kier alpha value is -0.930. The molecule has 1 aliphatic rings. The van der Waals surface area contributed by atoms with E-state index in [1.165, 1.54) is 56.6 Å². The van der Waals surface area contributed by atoms with Gasteiger partial charge in [0.15, 0.2) is 0 Å². The number of likely N-dealkylation sites (tertiary alicyclic amines) is 1. The molecular weight excluding hydrogens is 258 g/mol. The van der Waals surface area contributed by atoms with Crippen LogP contribution < -0.4 is 5.32 Å². The number of hydrogen-bond donors (Lipinski definition) is 1. The molecular formula is C18H31N3. The Morgan fingerprint density at radius 2 is 2.05 bits per heavy atom. The van der Waals surface area contributed by atoms with Crippen molar-refractivity contribution >= 4 is 0 Å². The van der Waals surface area contributed by atoms with E-state index in [9.17, 15) is 0 Å². The highest BCUT2D eigenvalue weighted by Crippen LogP contribution is 2.21. The van der Waals surface area contributed by atoms with Crippen molar-refractivity contribution in [2.45, 2.75) is 59.0 Å². The highest BCUT2D eigenvalue weighted by Gasteiger charge is 2.16. The third-order valence-corrected chi connectivity index (χ3v) is 4.50. The van der Waals surface area contributed by atoms with E-state index in [2.05, 4.69) is 42.3 Å². The second kappa shape index (κ2) is 9.16. The molecule has 0 aliphatic carbocycles. The minimum absolute atomic E-state index is 0.888. The number of pyridine rings is 1. The van der Waals surface area contributed by atoms with Crippen molar-refractivity contribution in [1.82, 2.24) is 15.2 Å². The van der Waals surface area contributed by atoms with E-state index in [-0.39, 0.29) is 0 Å². The van der Waals surface area contributed by atoms with Gasteiger partial charge < -0.3 is 5.32 Å². The molecule has 1 aromatic rings. The first-order chi connectivity index (χ1) is 10.3. The minimum atomic E-state index is 0.888. The molecule has 2 heterocycles. The molecule has 0 radical (unpaired) electrons. The maximum atomic E-state index is 4.80. The average molecular weight is 289 g/mol. The Bertz CT molecular complexity index is 405. The lowest BCUT2D eigenvalue weighted by Crippen LogP contribution is -2.25. The third kappa shape index (κ3) is 5.76. The van der Waals surface area contributed by atoms with E-state index < -0.39 is 0 Å². The van der Waals surface area contributed by atoms with Gasteiger partial charge in [0.1, 0.15) is 0 Å². The average Bonchev–Trinajstić information content (AvgIpc) is 2.73. The van der Waals surface area contributed by atoms with Gasteiger partial charge in [-0.1, -0.05) is 26.3 Å². The fraction of sp³-hybridized carbons (Fsp3) is 0.722. The molecule has 1 atom stereocenters. The first-order valence-corrected chi connectivity index (χ1v) is 8.69. The van der Waals surface area contributed by atoms with Crippen LogP contribution in [0.1, 0.15) is 57.3 Å². The van der Waals surface area contributed by atoms with Gasteiger partial charge in [0.25, 0.3) is 0 Å². The summed E-state index contributed by atoms with van der Waals surface area (Å²) in [4.78, 5) is 7.39. The van der Waals surface area contributed by atoms with Crippen molar-refractivity contribution < 1.29 is 0 Å². The van der Waals surface area contributed by atoms with Gasteiger partial charge in [-0.3, -0.25) is 9.88 Å². The normalized spacial score (nSPS) is 20.4. The zero-order valence-corrected chi connectivity index (χ0v) is 13.8. The molecule has 0 bridgehead atoms. The lowest BCUT2D eigenvalue weighted by Gasteiger charge is -2.20. The molecule has 3 nitrogen and oxygen atoms in total. The second-order valence-electron chi connectivity index (χ2n) is 6.28. The van der Waals surface area contributed by atoms with Gasteiger partial charge >= 0.3 is 0 Å². The SMILES string of the molecule is CCCNCc1cccc(CN2CCCC(CC)CC2)n1. The van der Waals surface area contributed by atoms with Crippen molar-refractivity contribution in [2.24, 2.45) is 5.92 Å². The maximum absolute atomic E-state index is 4.80. The largest absolute Gasteiger partial charge is 0.311 e. The van der Waals surface area contributed by atoms with Crippen molar-refractivity contribution in [2.75, 3.05) is 19.6 Å². The highest BCUT2D eigenvalue weighted by atomic mass is 15.1. The number of aromatic nitrogens is 1. The van der Waals surface area contributed by atoms with E-state index >= 15 is 0 Å². The Kier molecular flexibility index (Phi) is 7.17. The van der Waals surface area contributed by atoms with E-state index in [1.807, 2.05) is 0 Å². The molecule has 2 rings (SSSR count). The van der Waals surface area contributed by atoms with Gasteiger partial charge in [0.2, 0.25) is 0 Å². The summed E-state index contributed by atoms with van der Waals surface area (Å²) in [7, 11) is 0. The Labute approximate surface area is 130 Å². The van der Waals surface area contributed by atoms with E-state index in [0.717, 1.165) is 25.6 Å². The maximum Gasteiger partial charge on any atom is 0.0547 e. The number of hydrogen-bond acceptors (Lipinski definition) is 3. The molecule has 1 aromatic heterocycles. The number of nitrogens with one attached hydrogen (secondary N) is 1. The molecule has 21 heavy (non-hydrogen) atoms. The Morgan fingerprint density at radius 3 is 2.86 bits per heavy atom. The summed E-state index contributed by atoms with van der Waals surface area (Å²) in [5.41, 5.74) is 2.39. The van der Waals surface area contributed by atoms with Crippen LogP contribution in [-0.2, 0) is 13.1 Å². The zero-order valence-electron chi connectivity index (χ0n) is 13.8. The van der Waals surface area contributed by atoms with Crippen LogP contribution in [0, 0.1) is 5.92 Å². The summed E-state index contributed by atoms with van der Waals surface area (Å²) in [6.45, 7) is 9.96. The lowest BCUT2D eigenvalue weighted by atomic mass is 9.98. The first kappa shape index (κ1) is 16.4. The fourth-order valence-electron chi connectivity index (χ4n) is 3.13. The van der Waals surface area contributed by atoms with Crippen LogP contribution in [0.2, 0.25) is 0 Å². The number of rotatable bonds is 7. The van der Waals surface area contributed by atoms with Gasteiger partial charge in [-0.15, -0.1) is 0 Å². The smallest absolute Gasteiger partial charge is 0.0547 e. The minimum Gasteiger partial charge on any atom is -0.311 e. The third-order valence-electron chi connectivity index (χ3n) is 4.50. The molecule has 118 valence electrons. The Balaban J connectivity index is 1.85. The van der Waals surface area contributed by atoms with Crippen LogP contribution in [-0.4, -0.2) is 29.5 Å². The summed E-state index contributed by atoms with van der Waals surface area (Å²) in [5, 5.41) is 3.43. The summed E-state index contributed by atoms with van der Waals surface area (Å²) in [6, 6.07) is 6.45.